The van der Waals surface area contributed by atoms with Gasteiger partial charge in [-0.2, -0.15) is 13.2 Å². The Morgan fingerprint density at radius 2 is 1.66 bits per heavy atom. The van der Waals surface area contributed by atoms with Crippen molar-refractivity contribution < 1.29 is 22.7 Å². The second kappa shape index (κ2) is 12.1. The van der Waals surface area contributed by atoms with Crippen LogP contribution < -0.4 is 15.8 Å². The highest BCUT2D eigenvalue weighted by atomic mass is 19.4. The molecule has 1 aliphatic carbocycles. The number of nitrogens with zero attached hydrogens (tertiary/aromatic N) is 5. The van der Waals surface area contributed by atoms with Crippen LogP contribution in [0.1, 0.15) is 47.6 Å². The van der Waals surface area contributed by atoms with E-state index in [0.29, 0.717) is 23.3 Å². The zero-order valence-electron chi connectivity index (χ0n) is 24.8. The molecule has 3 N–H and O–H groups in total. The molecule has 0 bridgehead atoms. The lowest BCUT2D eigenvalue weighted by atomic mass is 9.89. The smallest absolute Gasteiger partial charge is 0.416 e. The Balaban J connectivity index is 1.24. The summed E-state index contributed by atoms with van der Waals surface area (Å²) in [6.45, 7) is 4.47. The number of likely N-dealkylation sites (N-methyl/N-ethyl adjacent to an activating group) is 1. The molecule has 1 saturated heterocycles. The summed E-state index contributed by atoms with van der Waals surface area (Å²) in [4.78, 5) is 26.8. The molecule has 44 heavy (non-hydrogen) atoms. The minimum atomic E-state index is -4.48. The Labute approximate surface area is 253 Å². The second-order valence-electron chi connectivity index (χ2n) is 11.7. The van der Waals surface area contributed by atoms with Crippen LogP contribution in [-0.2, 0) is 6.18 Å². The maximum absolute atomic E-state index is 12.9. The molecule has 4 aromatic rings. The molecule has 12 heteroatoms. The first-order chi connectivity index (χ1) is 21.1. The number of fused-ring (bicyclic) bond motifs is 1. The molecular weight excluding hydrogens is 571 g/mol. The fraction of sp³-hybridized carbons (Fsp3) is 0.406. The van der Waals surface area contributed by atoms with Crippen molar-refractivity contribution in [3.05, 3.63) is 66.1 Å². The molecular formula is C32H36F3N7O2. The molecule has 2 aromatic heterocycles. The third-order valence-corrected chi connectivity index (χ3v) is 8.99. The van der Waals surface area contributed by atoms with Crippen LogP contribution in [0.5, 0.6) is 5.75 Å². The number of nitrogens with two attached hydrogens (primary N) is 1. The van der Waals surface area contributed by atoms with Crippen molar-refractivity contribution in [1.29, 1.82) is 0 Å². The second-order valence-corrected chi connectivity index (χ2v) is 11.7. The maximum atomic E-state index is 12.9. The molecule has 0 radical (unpaired) electrons. The van der Waals surface area contributed by atoms with E-state index in [2.05, 4.69) is 42.9 Å². The van der Waals surface area contributed by atoms with Crippen molar-refractivity contribution in [2.75, 3.05) is 51.4 Å². The van der Waals surface area contributed by atoms with Crippen LogP contribution in [0.2, 0.25) is 0 Å². The zero-order valence-corrected chi connectivity index (χ0v) is 24.8. The lowest BCUT2D eigenvalue weighted by Crippen LogP contribution is -2.49. The summed E-state index contributed by atoms with van der Waals surface area (Å²) in [6, 6.07) is 10.3. The number of amides is 1. The molecule has 1 saturated carbocycles. The highest BCUT2D eigenvalue weighted by Crippen LogP contribution is 2.41. The minimum absolute atomic E-state index is 0.0967. The van der Waals surface area contributed by atoms with Gasteiger partial charge in [0, 0.05) is 55.6 Å². The van der Waals surface area contributed by atoms with Crippen molar-refractivity contribution >= 4 is 28.4 Å². The molecule has 1 aliphatic heterocycles. The van der Waals surface area contributed by atoms with Crippen molar-refractivity contribution in [2.45, 2.75) is 43.9 Å². The van der Waals surface area contributed by atoms with Gasteiger partial charge in [-0.15, -0.1) is 0 Å². The van der Waals surface area contributed by atoms with Crippen LogP contribution in [0.25, 0.3) is 22.2 Å². The SMILES string of the molecule is COc1cc(-c2cn(C3CCC(N4CCN(C)CC4)CC3)c3ncnc(N)c23)ccc1NC(=O)c1ccc(C(F)(F)F)cc1. The van der Waals surface area contributed by atoms with Gasteiger partial charge in [0.1, 0.15) is 23.5 Å². The standard InChI is InChI=1S/C32H36F3N7O2/c1-40-13-15-41(16-14-40)23-8-10-24(11-9-23)42-18-25(28-29(36)37-19-38-30(28)42)21-5-12-26(27(17-21)44-2)39-31(43)20-3-6-22(7-4-20)32(33,34)35/h3-7,12,17-19,23-24H,8-11,13-16H2,1-2H3,(H,39,43)(H2,36,37,38). The van der Waals surface area contributed by atoms with Gasteiger partial charge in [0.25, 0.3) is 5.91 Å². The van der Waals surface area contributed by atoms with Crippen LogP contribution in [0, 0.1) is 0 Å². The third-order valence-electron chi connectivity index (χ3n) is 8.99. The Kier molecular flexibility index (Phi) is 8.21. The van der Waals surface area contributed by atoms with Gasteiger partial charge in [0.05, 0.1) is 23.7 Å². The van der Waals surface area contributed by atoms with E-state index in [-0.39, 0.29) is 11.6 Å². The number of hydrogen-bond acceptors (Lipinski definition) is 7. The lowest BCUT2D eigenvalue weighted by Gasteiger charge is -2.41. The predicted octanol–water partition coefficient (Wildman–Crippen LogP) is 5.69. The first kappa shape index (κ1) is 29.9. The lowest BCUT2D eigenvalue weighted by molar-refractivity contribution is -0.137. The number of alkyl halides is 3. The van der Waals surface area contributed by atoms with Crippen LogP contribution >= 0.6 is 0 Å². The molecule has 0 spiro atoms. The zero-order chi connectivity index (χ0) is 31.0. The van der Waals surface area contributed by atoms with Crippen molar-refractivity contribution in [2.24, 2.45) is 0 Å². The number of anilines is 2. The topological polar surface area (TPSA) is 102 Å². The highest BCUT2D eigenvalue weighted by Gasteiger charge is 2.31. The highest BCUT2D eigenvalue weighted by molar-refractivity contribution is 6.06. The van der Waals surface area contributed by atoms with Gasteiger partial charge in [-0.3, -0.25) is 9.69 Å². The van der Waals surface area contributed by atoms with E-state index < -0.39 is 17.6 Å². The molecule has 2 aliphatic rings. The van der Waals surface area contributed by atoms with Gasteiger partial charge in [0.15, 0.2) is 0 Å². The van der Waals surface area contributed by atoms with Crippen LogP contribution in [-0.4, -0.2) is 76.6 Å². The summed E-state index contributed by atoms with van der Waals surface area (Å²) < 4.78 is 46.6. The Hall–Kier alpha value is -4.16. The van der Waals surface area contributed by atoms with E-state index in [1.807, 2.05) is 6.07 Å². The molecule has 3 heterocycles. The average molecular weight is 608 g/mol. The summed E-state index contributed by atoms with van der Waals surface area (Å²) in [6.07, 6.45) is 3.45. The van der Waals surface area contributed by atoms with Crippen LogP contribution in [0.3, 0.4) is 0 Å². The molecule has 0 unspecified atom stereocenters. The van der Waals surface area contributed by atoms with Gasteiger partial charge in [-0.25, -0.2) is 9.97 Å². The number of benzene rings is 2. The first-order valence-corrected chi connectivity index (χ1v) is 14.8. The average Bonchev–Trinajstić information content (AvgIpc) is 3.42. The van der Waals surface area contributed by atoms with Crippen molar-refractivity contribution in [3.8, 4) is 16.9 Å². The Morgan fingerprint density at radius 3 is 2.32 bits per heavy atom. The number of piperazine rings is 1. The number of carbonyl (C=O) groups excluding carboxylic acids is 1. The quantitative estimate of drug-likeness (QED) is 0.290. The number of nitrogens with one attached hydrogen (secondary N) is 1. The molecule has 2 aromatic carbocycles. The van der Waals surface area contributed by atoms with E-state index in [1.165, 1.54) is 13.4 Å². The summed E-state index contributed by atoms with van der Waals surface area (Å²) in [7, 11) is 3.67. The summed E-state index contributed by atoms with van der Waals surface area (Å²) in [5, 5.41) is 3.51. The van der Waals surface area contributed by atoms with Gasteiger partial charge in [-0.1, -0.05) is 6.07 Å². The predicted molar refractivity (Wildman–Crippen MR) is 164 cm³/mol. The van der Waals surface area contributed by atoms with Gasteiger partial charge >= 0.3 is 6.18 Å². The van der Waals surface area contributed by atoms with E-state index in [1.54, 1.807) is 12.1 Å². The van der Waals surface area contributed by atoms with Crippen molar-refractivity contribution in [3.63, 3.8) is 0 Å². The monoisotopic (exact) mass is 607 g/mol. The van der Waals surface area contributed by atoms with Gasteiger partial charge in [0.2, 0.25) is 0 Å². The normalized spacial score (nSPS) is 20.1. The van der Waals surface area contributed by atoms with Gasteiger partial charge in [-0.05, 0) is 74.7 Å². The van der Waals surface area contributed by atoms with E-state index in [0.717, 1.165) is 98.3 Å². The molecule has 2 fully saturated rings. The minimum Gasteiger partial charge on any atom is -0.495 e. The molecule has 6 rings (SSSR count). The number of ether oxygens (including phenoxy) is 1. The molecule has 232 valence electrons. The number of nitrogen functional groups attached to an aromatic ring is 1. The number of halogens is 3. The van der Waals surface area contributed by atoms with E-state index in [4.69, 9.17) is 10.5 Å². The van der Waals surface area contributed by atoms with E-state index in [9.17, 15) is 18.0 Å². The summed E-state index contributed by atoms with van der Waals surface area (Å²) >= 11 is 0. The van der Waals surface area contributed by atoms with Crippen LogP contribution in [0.4, 0.5) is 24.7 Å². The van der Waals surface area contributed by atoms with E-state index >= 15 is 0 Å². The van der Waals surface area contributed by atoms with Crippen LogP contribution in [0.15, 0.2) is 55.0 Å². The number of carbonyl (C=O) groups is 1. The number of aromatic nitrogens is 3. The number of hydrogen-bond donors (Lipinski definition) is 2. The fourth-order valence-electron chi connectivity index (χ4n) is 6.46. The maximum Gasteiger partial charge on any atom is 0.416 e. The van der Waals surface area contributed by atoms with Crippen molar-refractivity contribution in [1.82, 2.24) is 24.3 Å². The molecule has 9 nitrogen and oxygen atoms in total. The fourth-order valence-corrected chi connectivity index (χ4v) is 6.46. The number of methoxy groups -OCH3 is 1. The molecule has 1 amide bonds. The number of rotatable bonds is 6. The first-order valence-electron chi connectivity index (χ1n) is 14.8. The third kappa shape index (κ3) is 5.96. The summed E-state index contributed by atoms with van der Waals surface area (Å²) in [5.41, 5.74) is 8.52. The molecule has 0 atom stereocenters. The Morgan fingerprint density at radius 1 is 0.977 bits per heavy atom. The van der Waals surface area contributed by atoms with Gasteiger partial charge < -0.3 is 25.3 Å². The largest absolute Gasteiger partial charge is 0.495 e. The summed E-state index contributed by atoms with van der Waals surface area (Å²) in [5.74, 6) is 0.228. The Bertz CT molecular complexity index is 1640.